The van der Waals surface area contributed by atoms with E-state index in [9.17, 15) is 8.42 Å². The number of nitrogens with zero attached hydrogens (tertiary/aromatic N) is 1. The lowest BCUT2D eigenvalue weighted by atomic mass is 10.3. The van der Waals surface area contributed by atoms with Crippen LogP contribution >= 0.6 is 11.8 Å². The molecule has 5 nitrogen and oxygen atoms in total. The van der Waals surface area contributed by atoms with Crippen LogP contribution in [0.3, 0.4) is 0 Å². The van der Waals surface area contributed by atoms with Crippen molar-refractivity contribution in [1.82, 2.24) is 14.6 Å². The van der Waals surface area contributed by atoms with E-state index >= 15 is 0 Å². The van der Waals surface area contributed by atoms with E-state index in [1.54, 1.807) is 0 Å². The molecule has 0 bridgehead atoms. The van der Waals surface area contributed by atoms with Crippen LogP contribution in [0, 0.1) is 0 Å². The molecular weight excluding hydrogens is 306 g/mol. The molecule has 2 aliphatic rings. The first-order chi connectivity index (χ1) is 10.1. The molecule has 1 aliphatic heterocycles. The topological polar surface area (TPSA) is 63.1 Å². The van der Waals surface area contributed by atoms with E-state index in [0.29, 0.717) is 10.9 Å². The molecule has 1 atom stereocenters. The second-order valence-electron chi connectivity index (χ2n) is 5.77. The summed E-state index contributed by atoms with van der Waals surface area (Å²) in [5.41, 5.74) is 1.07. The van der Waals surface area contributed by atoms with E-state index < -0.39 is 10.0 Å². The number of rotatable bonds is 7. The van der Waals surface area contributed by atoms with Crippen LogP contribution in [0.1, 0.15) is 37.9 Å². The van der Waals surface area contributed by atoms with Gasteiger partial charge in [0.05, 0.1) is 4.90 Å². The zero-order valence-corrected chi connectivity index (χ0v) is 14.0. The van der Waals surface area contributed by atoms with Crippen LogP contribution in [0.4, 0.5) is 0 Å². The summed E-state index contributed by atoms with van der Waals surface area (Å²) in [6.07, 6.45) is 5.05. The Morgan fingerprint density at radius 1 is 1.38 bits per heavy atom. The summed E-state index contributed by atoms with van der Waals surface area (Å²) in [5, 5.41) is 3.29. The summed E-state index contributed by atoms with van der Waals surface area (Å²) in [4.78, 5) is 0.416. The second kappa shape index (κ2) is 6.32. The molecule has 2 N–H and O–H groups in total. The fraction of sp³-hybridized carbons (Fsp3) is 0.714. The molecule has 1 saturated carbocycles. The Morgan fingerprint density at radius 2 is 2.19 bits per heavy atom. The average molecular weight is 329 g/mol. The molecule has 0 aromatic carbocycles. The first-order valence-electron chi connectivity index (χ1n) is 7.61. The van der Waals surface area contributed by atoms with Gasteiger partial charge in [-0.2, -0.15) is 11.8 Å². The Kier molecular flexibility index (Phi) is 4.63. The van der Waals surface area contributed by atoms with Gasteiger partial charge in [-0.1, -0.05) is 6.92 Å². The molecule has 1 aliphatic carbocycles. The van der Waals surface area contributed by atoms with Gasteiger partial charge in [-0.25, -0.2) is 13.1 Å². The van der Waals surface area contributed by atoms with Gasteiger partial charge in [0.15, 0.2) is 0 Å². The van der Waals surface area contributed by atoms with E-state index in [-0.39, 0.29) is 6.04 Å². The van der Waals surface area contributed by atoms with E-state index in [1.807, 2.05) is 24.0 Å². The van der Waals surface area contributed by atoms with Crippen molar-refractivity contribution >= 4 is 21.8 Å². The molecule has 21 heavy (non-hydrogen) atoms. The lowest BCUT2D eigenvalue weighted by molar-refractivity contribution is 0.562. The Morgan fingerprint density at radius 3 is 2.81 bits per heavy atom. The molecule has 2 heterocycles. The van der Waals surface area contributed by atoms with Crippen LogP contribution in [0.25, 0.3) is 0 Å². The summed E-state index contributed by atoms with van der Waals surface area (Å²) < 4.78 is 30.0. The van der Waals surface area contributed by atoms with Crippen molar-refractivity contribution in [3.8, 4) is 0 Å². The monoisotopic (exact) mass is 329 g/mol. The minimum absolute atomic E-state index is 0.0847. The average Bonchev–Trinajstić information content (AvgIpc) is 2.99. The maximum absolute atomic E-state index is 12.5. The van der Waals surface area contributed by atoms with Crippen molar-refractivity contribution in [3.05, 3.63) is 18.0 Å². The molecule has 3 rings (SSSR count). The van der Waals surface area contributed by atoms with Crippen molar-refractivity contribution in [3.63, 3.8) is 0 Å². The summed E-state index contributed by atoms with van der Waals surface area (Å²) in [7, 11) is -3.39. The molecule has 7 heteroatoms. The van der Waals surface area contributed by atoms with Crippen molar-refractivity contribution in [2.24, 2.45) is 0 Å². The van der Waals surface area contributed by atoms with Crippen molar-refractivity contribution in [2.45, 2.75) is 49.7 Å². The van der Waals surface area contributed by atoms with Gasteiger partial charge >= 0.3 is 0 Å². The highest BCUT2D eigenvalue weighted by Crippen LogP contribution is 2.37. The van der Waals surface area contributed by atoms with Crippen LogP contribution in [0.2, 0.25) is 0 Å². The highest BCUT2D eigenvalue weighted by Gasteiger charge is 2.29. The van der Waals surface area contributed by atoms with E-state index in [1.165, 1.54) is 0 Å². The number of nitrogens with one attached hydrogen (secondary N) is 2. The maximum atomic E-state index is 12.5. The van der Waals surface area contributed by atoms with E-state index in [2.05, 4.69) is 21.5 Å². The molecule has 0 spiro atoms. The van der Waals surface area contributed by atoms with Gasteiger partial charge < -0.3 is 9.88 Å². The zero-order valence-electron chi connectivity index (χ0n) is 12.3. The minimum Gasteiger partial charge on any atom is -0.346 e. The summed E-state index contributed by atoms with van der Waals surface area (Å²) in [6.45, 7) is 3.67. The van der Waals surface area contributed by atoms with Gasteiger partial charge in [0.1, 0.15) is 0 Å². The van der Waals surface area contributed by atoms with Crippen LogP contribution in [0.15, 0.2) is 17.2 Å². The Labute approximate surface area is 130 Å². The summed E-state index contributed by atoms with van der Waals surface area (Å²) in [5.74, 6) is 1.93. The van der Waals surface area contributed by atoms with Gasteiger partial charge in [0.2, 0.25) is 10.0 Å². The predicted molar refractivity (Wildman–Crippen MR) is 86.1 cm³/mol. The minimum atomic E-state index is -3.39. The van der Waals surface area contributed by atoms with Gasteiger partial charge in [0, 0.05) is 36.3 Å². The fourth-order valence-corrected chi connectivity index (χ4v) is 5.22. The lowest BCUT2D eigenvalue weighted by Crippen LogP contribution is -2.34. The third-order valence-corrected chi connectivity index (χ3v) is 6.61. The molecule has 0 radical (unpaired) electrons. The highest BCUT2D eigenvalue weighted by atomic mass is 32.2. The lowest BCUT2D eigenvalue weighted by Gasteiger charge is -2.10. The SMILES string of the molecule is CCNCc1cc(S(=O)(=O)NC2CCSC2)cn1C1CC1. The normalized spacial score (nSPS) is 22.8. The van der Waals surface area contributed by atoms with E-state index in [4.69, 9.17) is 0 Å². The van der Waals surface area contributed by atoms with E-state index in [0.717, 1.165) is 49.6 Å². The van der Waals surface area contributed by atoms with Gasteiger partial charge in [0.25, 0.3) is 0 Å². The number of sulfonamides is 1. The number of thioether (sulfide) groups is 1. The Hall–Kier alpha value is -0.500. The van der Waals surface area contributed by atoms with Gasteiger partial charge in [-0.15, -0.1) is 0 Å². The number of aromatic nitrogens is 1. The van der Waals surface area contributed by atoms with Crippen molar-refractivity contribution < 1.29 is 8.42 Å². The first-order valence-corrected chi connectivity index (χ1v) is 10.3. The second-order valence-corrected chi connectivity index (χ2v) is 8.63. The number of hydrogen-bond acceptors (Lipinski definition) is 4. The van der Waals surface area contributed by atoms with Gasteiger partial charge in [-0.3, -0.25) is 0 Å². The van der Waals surface area contributed by atoms with Crippen LogP contribution in [-0.2, 0) is 16.6 Å². The third kappa shape index (κ3) is 3.64. The highest BCUT2D eigenvalue weighted by molar-refractivity contribution is 7.99. The van der Waals surface area contributed by atoms with Crippen LogP contribution in [-0.4, -0.2) is 37.1 Å². The largest absolute Gasteiger partial charge is 0.346 e. The maximum Gasteiger partial charge on any atom is 0.242 e. The Bertz CT molecular complexity index is 587. The van der Waals surface area contributed by atoms with Crippen LogP contribution < -0.4 is 10.0 Å². The molecule has 118 valence electrons. The van der Waals surface area contributed by atoms with Crippen molar-refractivity contribution in [1.29, 1.82) is 0 Å². The standard InChI is InChI=1S/C14H23N3O2S2/c1-2-15-8-13-7-14(9-17(13)12-3-4-12)21(18,19)16-11-5-6-20-10-11/h7,9,11-12,15-16H,2-6,8,10H2,1H3. The quantitative estimate of drug-likeness (QED) is 0.799. The molecule has 2 fully saturated rings. The predicted octanol–water partition coefficient (Wildman–Crippen LogP) is 1.72. The van der Waals surface area contributed by atoms with Crippen molar-refractivity contribution in [2.75, 3.05) is 18.1 Å². The molecule has 1 aromatic rings. The first kappa shape index (κ1) is 15.4. The molecule has 0 amide bonds. The zero-order chi connectivity index (χ0) is 14.9. The smallest absolute Gasteiger partial charge is 0.242 e. The molecule has 1 saturated heterocycles. The summed E-state index contributed by atoms with van der Waals surface area (Å²) in [6, 6.07) is 2.40. The van der Waals surface area contributed by atoms with Gasteiger partial charge in [-0.05, 0) is 37.6 Å². The molecule has 1 unspecified atom stereocenters. The number of hydrogen-bond donors (Lipinski definition) is 2. The summed E-state index contributed by atoms with van der Waals surface area (Å²) >= 11 is 1.81. The molecular formula is C14H23N3O2S2. The fourth-order valence-electron chi connectivity index (χ4n) is 2.65. The van der Waals surface area contributed by atoms with Crippen LogP contribution in [0.5, 0.6) is 0 Å². The Balaban J connectivity index is 1.79. The molecule has 1 aromatic heterocycles. The third-order valence-electron chi connectivity index (χ3n) is 3.97.